The van der Waals surface area contributed by atoms with Crippen molar-refractivity contribution in [3.8, 4) is 0 Å². The Morgan fingerprint density at radius 1 is 0.706 bits per heavy atom. The fourth-order valence-corrected chi connectivity index (χ4v) is 5.66. The second-order valence-electron chi connectivity index (χ2n) is 6.32. The largest absolute Gasteiger partial charge is 0.106 e. The summed E-state index contributed by atoms with van der Waals surface area (Å²) in [5, 5.41) is 0. The Labute approximate surface area is 112 Å². The summed E-state index contributed by atoms with van der Waals surface area (Å²) < 4.78 is 0. The summed E-state index contributed by atoms with van der Waals surface area (Å²) in [6.45, 7) is 11.8. The molecule has 0 aromatic carbocycles. The molecule has 0 nitrogen and oxygen atoms in total. The summed E-state index contributed by atoms with van der Waals surface area (Å²) in [7, 11) is 0.336. The van der Waals surface area contributed by atoms with Crippen molar-refractivity contribution < 1.29 is 0 Å². The lowest BCUT2D eigenvalue weighted by molar-refractivity contribution is 0.624. The summed E-state index contributed by atoms with van der Waals surface area (Å²) in [4.78, 5) is 0. The lowest BCUT2D eigenvalue weighted by atomic mass is 10.1. The van der Waals surface area contributed by atoms with E-state index in [1.165, 1.54) is 57.0 Å². The van der Waals surface area contributed by atoms with Gasteiger partial charge < -0.3 is 0 Å². The van der Waals surface area contributed by atoms with E-state index < -0.39 is 0 Å². The van der Waals surface area contributed by atoms with Crippen LogP contribution in [0, 0.1) is 11.8 Å². The number of hydrogen-bond acceptors (Lipinski definition) is 0. The average molecular weight is 258 g/mol. The predicted octanol–water partition coefficient (Wildman–Crippen LogP) is 6.14. The summed E-state index contributed by atoms with van der Waals surface area (Å²) >= 11 is 0. The van der Waals surface area contributed by atoms with E-state index in [0.29, 0.717) is 7.92 Å². The molecule has 0 spiro atoms. The van der Waals surface area contributed by atoms with Crippen LogP contribution in [0.4, 0.5) is 0 Å². The molecule has 0 amide bonds. The maximum Gasteiger partial charge on any atom is -0.0303 e. The van der Waals surface area contributed by atoms with Gasteiger partial charge in [0.05, 0.1) is 0 Å². The first kappa shape index (κ1) is 17.4. The van der Waals surface area contributed by atoms with E-state index in [1.54, 1.807) is 0 Å². The van der Waals surface area contributed by atoms with Gasteiger partial charge in [0, 0.05) is 0 Å². The van der Waals surface area contributed by atoms with Gasteiger partial charge in [-0.2, -0.15) is 0 Å². The van der Waals surface area contributed by atoms with Gasteiger partial charge in [-0.15, -0.1) is 7.92 Å². The van der Waals surface area contributed by atoms with Crippen LogP contribution < -0.4 is 0 Å². The van der Waals surface area contributed by atoms with Crippen molar-refractivity contribution in [2.75, 3.05) is 18.5 Å². The van der Waals surface area contributed by atoms with Crippen LogP contribution in [0.3, 0.4) is 0 Å². The summed E-state index contributed by atoms with van der Waals surface area (Å²) in [5.41, 5.74) is 0. The zero-order chi connectivity index (χ0) is 13.1. The molecule has 0 aliphatic heterocycles. The number of unbranched alkanes of at least 4 members (excludes halogenated alkanes) is 5. The van der Waals surface area contributed by atoms with E-state index in [9.17, 15) is 0 Å². The first-order chi connectivity index (χ1) is 8.06. The van der Waals surface area contributed by atoms with Crippen molar-refractivity contribution in [2.24, 2.45) is 11.8 Å². The van der Waals surface area contributed by atoms with Gasteiger partial charge in [-0.1, -0.05) is 66.7 Å². The SMILES string of the molecule is CCCCCCCCP(CC(C)C)CC(C)C. The average Bonchev–Trinajstić information content (AvgIpc) is 2.21. The molecule has 0 saturated carbocycles. The van der Waals surface area contributed by atoms with Gasteiger partial charge in [0.15, 0.2) is 0 Å². The highest BCUT2D eigenvalue weighted by Crippen LogP contribution is 2.40. The molecule has 0 N–H and O–H groups in total. The number of hydrogen-bond donors (Lipinski definition) is 0. The Kier molecular flexibility index (Phi) is 11.8. The fraction of sp³-hybridized carbons (Fsp3) is 1.00. The molecule has 17 heavy (non-hydrogen) atoms. The van der Waals surface area contributed by atoms with E-state index >= 15 is 0 Å². The molecule has 0 unspecified atom stereocenters. The quantitative estimate of drug-likeness (QED) is 0.308. The van der Waals surface area contributed by atoms with Crippen LogP contribution in [-0.4, -0.2) is 18.5 Å². The monoisotopic (exact) mass is 258 g/mol. The van der Waals surface area contributed by atoms with Crippen molar-refractivity contribution in [1.82, 2.24) is 0 Å². The standard InChI is InChI=1S/C16H35P/c1-6-7-8-9-10-11-12-17(13-15(2)3)14-16(4)5/h15-16H,6-14H2,1-5H3. The predicted molar refractivity (Wildman–Crippen MR) is 84.6 cm³/mol. The van der Waals surface area contributed by atoms with Gasteiger partial charge in [0.25, 0.3) is 0 Å². The Balaban J connectivity index is 3.60. The molecular weight excluding hydrogens is 223 g/mol. The van der Waals surface area contributed by atoms with Gasteiger partial charge in [0.2, 0.25) is 0 Å². The minimum atomic E-state index is 0.336. The van der Waals surface area contributed by atoms with Crippen LogP contribution in [0.5, 0.6) is 0 Å². The second kappa shape index (κ2) is 11.5. The van der Waals surface area contributed by atoms with Crippen molar-refractivity contribution in [3.63, 3.8) is 0 Å². The minimum Gasteiger partial charge on any atom is -0.106 e. The molecule has 0 rings (SSSR count). The lowest BCUT2D eigenvalue weighted by Gasteiger charge is -2.21. The van der Waals surface area contributed by atoms with E-state index in [4.69, 9.17) is 0 Å². The molecular formula is C16H35P. The molecule has 0 aliphatic carbocycles. The molecule has 0 fully saturated rings. The maximum absolute atomic E-state index is 2.39. The maximum atomic E-state index is 2.39. The Hall–Kier alpha value is 0.430. The van der Waals surface area contributed by atoms with Crippen molar-refractivity contribution in [3.05, 3.63) is 0 Å². The molecule has 0 aliphatic rings. The lowest BCUT2D eigenvalue weighted by Crippen LogP contribution is -2.05. The highest BCUT2D eigenvalue weighted by Gasteiger charge is 2.11. The van der Waals surface area contributed by atoms with Crippen LogP contribution in [-0.2, 0) is 0 Å². The topological polar surface area (TPSA) is 0 Å². The second-order valence-corrected chi connectivity index (χ2v) is 8.83. The zero-order valence-electron chi connectivity index (χ0n) is 13.0. The van der Waals surface area contributed by atoms with Gasteiger partial charge in [0.1, 0.15) is 0 Å². The van der Waals surface area contributed by atoms with E-state index in [2.05, 4.69) is 34.6 Å². The Bertz CT molecular complexity index is 142. The Morgan fingerprint density at radius 2 is 1.18 bits per heavy atom. The Morgan fingerprint density at radius 3 is 1.65 bits per heavy atom. The summed E-state index contributed by atoms with van der Waals surface area (Å²) in [5.74, 6) is 1.81. The third-order valence-electron chi connectivity index (χ3n) is 3.07. The highest BCUT2D eigenvalue weighted by atomic mass is 31.1. The highest BCUT2D eigenvalue weighted by molar-refractivity contribution is 7.57. The molecule has 0 atom stereocenters. The summed E-state index contributed by atoms with van der Waals surface area (Å²) in [6.07, 6.45) is 13.3. The van der Waals surface area contributed by atoms with Crippen molar-refractivity contribution in [2.45, 2.75) is 73.1 Å². The van der Waals surface area contributed by atoms with Crippen molar-refractivity contribution in [1.29, 1.82) is 0 Å². The molecule has 0 aromatic rings. The molecule has 104 valence electrons. The van der Waals surface area contributed by atoms with Gasteiger partial charge in [-0.05, 0) is 36.7 Å². The van der Waals surface area contributed by atoms with Crippen LogP contribution in [0.15, 0.2) is 0 Å². The molecule has 0 radical (unpaired) electrons. The third kappa shape index (κ3) is 12.7. The molecule has 1 heteroatoms. The first-order valence-electron chi connectivity index (χ1n) is 7.78. The molecule has 0 bridgehead atoms. The van der Waals surface area contributed by atoms with E-state index in [0.717, 1.165) is 11.8 Å². The third-order valence-corrected chi connectivity index (χ3v) is 6.52. The summed E-state index contributed by atoms with van der Waals surface area (Å²) in [6, 6.07) is 0. The van der Waals surface area contributed by atoms with Gasteiger partial charge in [-0.25, -0.2) is 0 Å². The minimum absolute atomic E-state index is 0.336. The van der Waals surface area contributed by atoms with E-state index in [1.807, 2.05) is 0 Å². The van der Waals surface area contributed by atoms with Crippen LogP contribution in [0.2, 0.25) is 0 Å². The molecule has 0 heterocycles. The van der Waals surface area contributed by atoms with E-state index in [-0.39, 0.29) is 0 Å². The molecule has 0 aromatic heterocycles. The molecule has 0 saturated heterocycles. The van der Waals surface area contributed by atoms with Crippen molar-refractivity contribution >= 4 is 7.92 Å². The van der Waals surface area contributed by atoms with Gasteiger partial charge >= 0.3 is 0 Å². The number of rotatable bonds is 11. The fourth-order valence-electron chi connectivity index (χ4n) is 2.41. The van der Waals surface area contributed by atoms with Gasteiger partial charge in [-0.3, -0.25) is 0 Å². The van der Waals surface area contributed by atoms with Crippen LogP contribution in [0.25, 0.3) is 0 Å². The van der Waals surface area contributed by atoms with Crippen LogP contribution in [0.1, 0.15) is 73.1 Å². The smallest absolute Gasteiger partial charge is 0.0303 e. The zero-order valence-corrected chi connectivity index (χ0v) is 13.9. The van der Waals surface area contributed by atoms with Crippen LogP contribution >= 0.6 is 7.92 Å². The normalized spacial score (nSPS) is 12.0. The first-order valence-corrected chi connectivity index (χ1v) is 9.68.